The maximum Gasteiger partial charge on any atom is 0.482 e. The molecule has 0 aromatic carbocycles. The molecule has 0 atom stereocenters. The Labute approximate surface area is 182 Å². The highest BCUT2D eigenvalue weighted by Gasteiger charge is 2.91. The monoisotopic (exact) mass is 504 g/mol. The van der Waals surface area contributed by atoms with Gasteiger partial charge in [-0.05, 0) is 13.0 Å². The number of rotatable bonds is 16. The third-order valence-electron chi connectivity index (χ3n) is 5.05. The Balaban J connectivity index is 7.16. The van der Waals surface area contributed by atoms with Gasteiger partial charge in [-0.3, -0.25) is 0 Å². The van der Waals surface area contributed by atoms with Crippen molar-refractivity contribution in [3.8, 4) is 0 Å². The highest BCUT2D eigenvalue weighted by molar-refractivity contribution is 7.83. The summed E-state index contributed by atoms with van der Waals surface area (Å²) in [6.07, 6.45) is 0. The number of hydrogen-bond acceptors (Lipinski definition) is 11. The van der Waals surface area contributed by atoms with E-state index in [1.165, 1.54) is 64.0 Å². The van der Waals surface area contributed by atoms with Gasteiger partial charge in [-0.15, -0.1) is 0 Å². The van der Waals surface area contributed by atoms with Gasteiger partial charge < -0.3 is 44.6 Å². The van der Waals surface area contributed by atoms with Crippen LogP contribution in [0.2, 0.25) is 6.04 Å². The van der Waals surface area contributed by atoms with E-state index in [4.69, 9.17) is 44.6 Å². The van der Waals surface area contributed by atoms with Crippen LogP contribution in [0.15, 0.2) is 12.2 Å². The predicted molar refractivity (Wildman–Crippen MR) is 117 cm³/mol. The Morgan fingerprint density at radius 3 is 1.10 bits per heavy atom. The van der Waals surface area contributed by atoms with Crippen LogP contribution in [0.1, 0.15) is 6.92 Å². The molecule has 0 amide bonds. The number of carbonyl (C=O) groups excluding carboxylic acids is 1. The van der Waals surface area contributed by atoms with Crippen LogP contribution in [0.25, 0.3) is 0 Å². The summed E-state index contributed by atoms with van der Waals surface area (Å²) in [5.41, 5.74) is 0.262. The molecule has 0 fully saturated rings. The van der Waals surface area contributed by atoms with E-state index in [0.29, 0.717) is 0 Å². The first-order valence-corrected chi connectivity index (χ1v) is 19.3. The van der Waals surface area contributed by atoms with E-state index >= 15 is 0 Å². The van der Waals surface area contributed by atoms with Crippen LogP contribution >= 0.6 is 0 Å². The molecule has 0 rings (SSSR count). The van der Waals surface area contributed by atoms with Crippen molar-refractivity contribution in [2.45, 2.75) is 13.0 Å². The fourth-order valence-electron chi connectivity index (χ4n) is 3.76. The van der Waals surface area contributed by atoms with E-state index < -0.39 is 37.6 Å². The van der Waals surface area contributed by atoms with Crippen LogP contribution in [0.5, 0.6) is 0 Å². The molecule has 0 aliphatic heterocycles. The molecule has 0 spiro atoms. The van der Waals surface area contributed by atoms with Crippen molar-refractivity contribution in [3.63, 3.8) is 0 Å². The number of hydrogen-bond donors (Lipinski definition) is 0. The van der Waals surface area contributed by atoms with Crippen molar-refractivity contribution >= 4 is 37.6 Å². The number of ether oxygens (including phenoxy) is 1. The highest BCUT2D eigenvalue weighted by atomic mass is 30.0. The Morgan fingerprint density at radius 1 is 0.633 bits per heavy atom. The SMILES string of the molecule is C=C(C)C(=O)OCC[Si]([Si](OC)(OC)OC)([Si](OC)(OC)OC)[Si](OC)(OC)OC. The molecule has 0 aromatic heterocycles. The molecule has 0 unspecified atom stereocenters. The van der Waals surface area contributed by atoms with Gasteiger partial charge in [0, 0.05) is 69.6 Å². The normalized spacial score (nSPS) is 13.4. The molecule has 178 valence electrons. The van der Waals surface area contributed by atoms with Gasteiger partial charge in [-0.1, -0.05) is 6.58 Å². The van der Waals surface area contributed by atoms with Crippen LogP contribution in [-0.4, -0.2) is 108 Å². The molecule has 0 saturated carbocycles. The van der Waals surface area contributed by atoms with Gasteiger partial charge in [0.15, 0.2) is 0 Å². The fourth-order valence-corrected chi connectivity index (χ4v) is 54.0. The van der Waals surface area contributed by atoms with Crippen LogP contribution in [0, 0.1) is 0 Å². The summed E-state index contributed by atoms with van der Waals surface area (Å²) in [6, 6.07) is 0.150. The quantitative estimate of drug-likeness (QED) is 0.166. The topological polar surface area (TPSA) is 109 Å². The minimum absolute atomic E-state index is 0.0571. The Morgan fingerprint density at radius 2 is 0.900 bits per heavy atom. The smallest absolute Gasteiger partial charge is 0.463 e. The Kier molecular flexibility index (Phi) is 12.6. The summed E-state index contributed by atoms with van der Waals surface area (Å²) in [7, 11) is 2.05. The van der Waals surface area contributed by atoms with Crippen LogP contribution in [-0.2, 0) is 49.4 Å². The average molecular weight is 505 g/mol. The molecule has 30 heavy (non-hydrogen) atoms. The van der Waals surface area contributed by atoms with Crippen molar-refractivity contribution in [2.24, 2.45) is 0 Å². The first-order valence-electron chi connectivity index (χ1n) is 8.92. The van der Waals surface area contributed by atoms with Gasteiger partial charge in [0.05, 0.1) is 6.61 Å². The lowest BCUT2D eigenvalue weighted by Crippen LogP contribution is -2.94. The maximum atomic E-state index is 12.1. The third-order valence-corrected chi connectivity index (χ3v) is 47.7. The van der Waals surface area contributed by atoms with E-state index in [1.54, 1.807) is 6.92 Å². The van der Waals surface area contributed by atoms with Gasteiger partial charge in [-0.2, -0.15) is 0 Å². The van der Waals surface area contributed by atoms with Gasteiger partial charge in [0.1, 0.15) is 0 Å². The standard InChI is InChI=1S/C15H36O11Si4/c1-14(2)15(16)26-12-13-27(28(17-3,18-4)19-5,29(20-6,21-7)22-8)30(23-9,24-10)25-11/h1,12-13H2,2-11H3. The lowest BCUT2D eigenvalue weighted by molar-refractivity contribution is -0.138. The largest absolute Gasteiger partial charge is 0.482 e. The van der Waals surface area contributed by atoms with Crippen LogP contribution in [0.4, 0.5) is 0 Å². The molecule has 0 heterocycles. The summed E-state index contributed by atoms with van der Waals surface area (Å²) in [6.45, 7) is 1.48. The lowest BCUT2D eigenvalue weighted by atomic mass is 10.4. The second-order valence-electron chi connectivity index (χ2n) is 6.08. The zero-order chi connectivity index (χ0) is 23.6. The summed E-state index contributed by atoms with van der Waals surface area (Å²) in [4.78, 5) is 12.1. The van der Waals surface area contributed by atoms with E-state index in [9.17, 15) is 4.79 Å². The molecule has 0 N–H and O–H groups in total. The summed E-state index contributed by atoms with van der Waals surface area (Å²) in [5, 5.41) is 0. The van der Waals surface area contributed by atoms with E-state index in [0.717, 1.165) is 0 Å². The molecule has 11 nitrogen and oxygen atoms in total. The number of esters is 1. The maximum absolute atomic E-state index is 12.1. The minimum atomic E-state index is -3.69. The Hall–Kier alpha value is -0.282. The lowest BCUT2D eigenvalue weighted by Gasteiger charge is -2.51. The van der Waals surface area contributed by atoms with E-state index in [2.05, 4.69) is 6.58 Å². The fraction of sp³-hybridized carbons (Fsp3) is 0.800. The molecule has 0 aromatic rings. The van der Waals surface area contributed by atoms with Crippen molar-refractivity contribution in [1.82, 2.24) is 0 Å². The second-order valence-corrected chi connectivity index (χ2v) is 33.1. The number of carbonyl (C=O) groups is 1. The summed E-state index contributed by atoms with van der Waals surface area (Å²) >= 11 is 0. The third kappa shape index (κ3) is 4.72. The van der Waals surface area contributed by atoms with Crippen LogP contribution < -0.4 is 0 Å². The van der Waals surface area contributed by atoms with Gasteiger partial charge >= 0.3 is 37.6 Å². The van der Waals surface area contributed by atoms with E-state index in [-0.39, 0.29) is 18.2 Å². The molecule has 0 saturated heterocycles. The molecule has 0 radical (unpaired) electrons. The average Bonchev–Trinajstić information content (AvgIpc) is 2.77. The minimum Gasteiger partial charge on any atom is -0.463 e. The first-order chi connectivity index (χ1) is 14.1. The summed E-state index contributed by atoms with van der Waals surface area (Å²) < 4.78 is 58.7. The molecule has 0 aliphatic carbocycles. The van der Waals surface area contributed by atoms with Gasteiger partial charge in [0.25, 0.3) is 0 Å². The zero-order valence-corrected chi connectivity index (χ0v) is 23.6. The zero-order valence-electron chi connectivity index (χ0n) is 19.6. The predicted octanol–water partition coefficient (Wildman–Crippen LogP) is 0.424. The molecular weight excluding hydrogens is 468 g/mol. The van der Waals surface area contributed by atoms with Crippen molar-refractivity contribution in [3.05, 3.63) is 12.2 Å². The Bertz CT molecular complexity index is 476. The van der Waals surface area contributed by atoms with Crippen molar-refractivity contribution in [2.75, 3.05) is 70.6 Å². The van der Waals surface area contributed by atoms with E-state index in [1.807, 2.05) is 0 Å². The molecule has 0 aliphatic rings. The van der Waals surface area contributed by atoms with Crippen LogP contribution in [0.3, 0.4) is 0 Å². The highest BCUT2D eigenvalue weighted by Crippen LogP contribution is 2.42. The molecule has 0 bridgehead atoms. The van der Waals surface area contributed by atoms with Crippen molar-refractivity contribution in [1.29, 1.82) is 0 Å². The second kappa shape index (κ2) is 12.7. The molecular formula is C15H36O11Si4. The van der Waals surface area contributed by atoms with Crippen molar-refractivity contribution < 1.29 is 49.4 Å². The van der Waals surface area contributed by atoms with Gasteiger partial charge in [-0.25, -0.2) is 4.79 Å². The molecule has 15 heteroatoms. The van der Waals surface area contributed by atoms with Gasteiger partial charge in [0.2, 0.25) is 0 Å². The summed E-state index contributed by atoms with van der Waals surface area (Å²) in [5.74, 6) is -0.545. The first kappa shape index (κ1) is 29.7.